The molecule has 1 aliphatic carbocycles. The van der Waals surface area contributed by atoms with Crippen LogP contribution in [-0.4, -0.2) is 31.8 Å². The van der Waals surface area contributed by atoms with Gasteiger partial charge in [-0.1, -0.05) is 19.3 Å². The van der Waals surface area contributed by atoms with Gasteiger partial charge in [-0.2, -0.15) is 0 Å². The normalized spacial score (nSPS) is 18.8. The summed E-state index contributed by atoms with van der Waals surface area (Å²) in [5, 5.41) is 8.92. The summed E-state index contributed by atoms with van der Waals surface area (Å²) in [5.41, 5.74) is -1.07. The Labute approximate surface area is 109 Å². The van der Waals surface area contributed by atoms with Crippen LogP contribution >= 0.6 is 0 Å². The molecule has 0 unspecified atom stereocenters. The fourth-order valence-electron chi connectivity index (χ4n) is 2.09. The Bertz CT molecular complexity index is 383. The summed E-state index contributed by atoms with van der Waals surface area (Å²) in [4.78, 5) is 10.9. The first kappa shape index (κ1) is 15.4. The van der Waals surface area contributed by atoms with Gasteiger partial charge in [0.25, 0.3) is 0 Å². The van der Waals surface area contributed by atoms with E-state index in [0.717, 1.165) is 25.7 Å². The van der Waals surface area contributed by atoms with Gasteiger partial charge in [0.1, 0.15) is 0 Å². The maximum absolute atomic E-state index is 11.9. The first-order valence-electron chi connectivity index (χ1n) is 6.44. The summed E-state index contributed by atoms with van der Waals surface area (Å²) in [6.07, 6.45) is 5.31. The van der Waals surface area contributed by atoms with Crippen LogP contribution in [0, 0.1) is 11.3 Å². The summed E-state index contributed by atoms with van der Waals surface area (Å²) in [6.45, 7) is 2.97. The lowest BCUT2D eigenvalue weighted by molar-refractivity contribution is -0.146. The molecule has 0 bridgehead atoms. The molecule has 5 nitrogen and oxygen atoms in total. The van der Waals surface area contributed by atoms with Gasteiger partial charge in [0, 0.05) is 6.54 Å². The van der Waals surface area contributed by atoms with E-state index in [-0.39, 0.29) is 18.2 Å². The van der Waals surface area contributed by atoms with E-state index in [9.17, 15) is 13.2 Å². The Morgan fingerprint density at radius 2 is 1.83 bits per heavy atom. The third-order valence-electron chi connectivity index (χ3n) is 3.49. The molecule has 1 fully saturated rings. The Kier molecular flexibility index (Phi) is 5.16. The molecule has 18 heavy (non-hydrogen) atoms. The van der Waals surface area contributed by atoms with Crippen LogP contribution in [0.4, 0.5) is 0 Å². The quantitative estimate of drug-likeness (QED) is 0.772. The van der Waals surface area contributed by atoms with Crippen molar-refractivity contribution in [3.63, 3.8) is 0 Å². The molecule has 1 rings (SSSR count). The van der Waals surface area contributed by atoms with E-state index < -0.39 is 21.4 Å². The Morgan fingerprint density at radius 1 is 1.28 bits per heavy atom. The summed E-state index contributed by atoms with van der Waals surface area (Å²) in [7, 11) is -3.36. The van der Waals surface area contributed by atoms with Crippen molar-refractivity contribution in [3.8, 4) is 0 Å². The molecule has 2 N–H and O–H groups in total. The molecule has 0 aromatic carbocycles. The Hall–Kier alpha value is -0.620. The third-order valence-corrected chi connectivity index (χ3v) is 4.99. The van der Waals surface area contributed by atoms with E-state index in [1.807, 2.05) is 0 Å². The summed E-state index contributed by atoms with van der Waals surface area (Å²) in [6, 6.07) is 0. The smallest absolute Gasteiger partial charge is 0.310 e. The second-order valence-electron chi connectivity index (χ2n) is 5.80. The average Bonchev–Trinajstić information content (AvgIpc) is 2.27. The van der Waals surface area contributed by atoms with Crippen molar-refractivity contribution in [1.29, 1.82) is 0 Å². The zero-order valence-electron chi connectivity index (χ0n) is 11.1. The highest BCUT2D eigenvalue weighted by molar-refractivity contribution is 7.89. The third kappa shape index (κ3) is 4.94. The highest BCUT2D eigenvalue weighted by atomic mass is 32.2. The number of nitrogens with one attached hydrogen (secondary N) is 1. The molecule has 0 aliphatic heterocycles. The van der Waals surface area contributed by atoms with E-state index >= 15 is 0 Å². The predicted molar refractivity (Wildman–Crippen MR) is 69.8 cm³/mol. The minimum absolute atomic E-state index is 0.0581. The zero-order chi connectivity index (χ0) is 13.8. The molecule has 0 radical (unpaired) electrons. The van der Waals surface area contributed by atoms with Gasteiger partial charge >= 0.3 is 5.97 Å². The fourth-order valence-corrected chi connectivity index (χ4v) is 3.74. The van der Waals surface area contributed by atoms with E-state index in [1.54, 1.807) is 0 Å². The van der Waals surface area contributed by atoms with E-state index in [0.29, 0.717) is 0 Å². The molecule has 6 heteroatoms. The number of carboxylic acids is 1. The number of hydrogen-bond acceptors (Lipinski definition) is 3. The van der Waals surface area contributed by atoms with Crippen LogP contribution in [0.15, 0.2) is 0 Å². The van der Waals surface area contributed by atoms with Crippen molar-refractivity contribution in [2.75, 3.05) is 12.3 Å². The van der Waals surface area contributed by atoms with Crippen molar-refractivity contribution in [3.05, 3.63) is 0 Å². The van der Waals surface area contributed by atoms with Gasteiger partial charge < -0.3 is 5.11 Å². The summed E-state index contributed by atoms with van der Waals surface area (Å²) < 4.78 is 26.1. The largest absolute Gasteiger partial charge is 0.481 e. The molecule has 0 saturated heterocycles. The molecule has 0 aromatic heterocycles. The minimum atomic E-state index is -3.36. The molecular formula is C12H23NO4S. The lowest BCUT2D eigenvalue weighted by Gasteiger charge is -2.23. The van der Waals surface area contributed by atoms with Crippen molar-refractivity contribution in [2.45, 2.75) is 46.0 Å². The van der Waals surface area contributed by atoms with Gasteiger partial charge in [0.2, 0.25) is 10.0 Å². The number of sulfonamides is 1. The van der Waals surface area contributed by atoms with Crippen molar-refractivity contribution < 1.29 is 18.3 Å². The van der Waals surface area contributed by atoms with Crippen molar-refractivity contribution in [2.24, 2.45) is 11.3 Å². The van der Waals surface area contributed by atoms with Gasteiger partial charge in [-0.3, -0.25) is 4.79 Å². The number of hydrogen-bond donors (Lipinski definition) is 2. The number of carbonyl (C=O) groups is 1. The first-order valence-corrected chi connectivity index (χ1v) is 8.09. The number of carboxylic acid groups (broad SMARTS) is 1. The molecule has 0 aromatic rings. The zero-order valence-corrected chi connectivity index (χ0v) is 11.9. The predicted octanol–water partition coefficient (Wildman–Crippen LogP) is 1.60. The van der Waals surface area contributed by atoms with E-state index in [4.69, 9.17) is 5.11 Å². The van der Waals surface area contributed by atoms with Gasteiger partial charge in [0.15, 0.2) is 0 Å². The molecular weight excluding hydrogens is 254 g/mol. The minimum Gasteiger partial charge on any atom is -0.481 e. The lowest BCUT2D eigenvalue weighted by Crippen LogP contribution is -2.40. The fraction of sp³-hybridized carbons (Fsp3) is 0.917. The lowest BCUT2D eigenvalue weighted by atomic mass is 9.91. The van der Waals surface area contributed by atoms with Gasteiger partial charge in [-0.05, 0) is 32.6 Å². The SMILES string of the molecule is CC(C)(CNS(=O)(=O)CC1CCCCC1)C(=O)O. The van der Waals surface area contributed by atoms with Crippen LogP contribution in [0.3, 0.4) is 0 Å². The standard InChI is InChI=1S/C12H23NO4S/c1-12(2,11(14)15)9-13-18(16,17)8-10-6-4-3-5-7-10/h10,13H,3-9H2,1-2H3,(H,14,15). The highest BCUT2D eigenvalue weighted by Crippen LogP contribution is 2.24. The van der Waals surface area contributed by atoms with Crippen LogP contribution in [0.2, 0.25) is 0 Å². The van der Waals surface area contributed by atoms with Gasteiger partial charge in [-0.15, -0.1) is 0 Å². The first-order chi connectivity index (χ1) is 8.23. The van der Waals surface area contributed by atoms with Crippen molar-refractivity contribution >= 4 is 16.0 Å². The molecule has 0 spiro atoms. The Balaban J connectivity index is 2.47. The second kappa shape index (κ2) is 6.02. The topological polar surface area (TPSA) is 83.5 Å². The van der Waals surface area contributed by atoms with Crippen LogP contribution in [0.1, 0.15) is 46.0 Å². The van der Waals surface area contributed by atoms with E-state index in [1.165, 1.54) is 20.3 Å². The molecule has 1 saturated carbocycles. The maximum atomic E-state index is 11.9. The number of aliphatic carboxylic acids is 1. The monoisotopic (exact) mass is 277 g/mol. The van der Waals surface area contributed by atoms with Crippen LogP contribution in [-0.2, 0) is 14.8 Å². The van der Waals surface area contributed by atoms with Crippen LogP contribution in [0.25, 0.3) is 0 Å². The molecule has 0 amide bonds. The van der Waals surface area contributed by atoms with Crippen molar-refractivity contribution in [1.82, 2.24) is 4.72 Å². The maximum Gasteiger partial charge on any atom is 0.310 e. The molecule has 0 atom stereocenters. The van der Waals surface area contributed by atoms with Crippen LogP contribution in [0.5, 0.6) is 0 Å². The van der Waals surface area contributed by atoms with Gasteiger partial charge in [-0.25, -0.2) is 13.1 Å². The highest BCUT2D eigenvalue weighted by Gasteiger charge is 2.29. The summed E-state index contributed by atoms with van der Waals surface area (Å²) in [5.74, 6) is -0.644. The molecule has 0 heterocycles. The van der Waals surface area contributed by atoms with E-state index in [2.05, 4.69) is 4.72 Å². The van der Waals surface area contributed by atoms with Gasteiger partial charge in [0.05, 0.1) is 11.2 Å². The second-order valence-corrected chi connectivity index (χ2v) is 7.65. The molecule has 1 aliphatic rings. The Morgan fingerprint density at radius 3 is 2.33 bits per heavy atom. The molecule has 106 valence electrons. The number of rotatable bonds is 6. The summed E-state index contributed by atoms with van der Waals surface area (Å²) >= 11 is 0. The average molecular weight is 277 g/mol. The van der Waals surface area contributed by atoms with Crippen LogP contribution < -0.4 is 4.72 Å².